The predicted molar refractivity (Wildman–Crippen MR) is 131 cm³/mol. The summed E-state index contributed by atoms with van der Waals surface area (Å²) in [5.74, 6) is 2.87. The number of hydrogen-bond acceptors (Lipinski definition) is 6. The van der Waals surface area contributed by atoms with Crippen LogP contribution in [0.25, 0.3) is 0 Å². The molecule has 33 heavy (non-hydrogen) atoms. The molecule has 7 heteroatoms. The van der Waals surface area contributed by atoms with E-state index in [0.717, 1.165) is 68.8 Å². The molecular weight excluding hydrogens is 414 g/mol. The molecule has 184 valence electrons. The van der Waals surface area contributed by atoms with Crippen LogP contribution < -0.4 is 10.2 Å². The number of aromatic nitrogens is 2. The maximum atomic E-state index is 11.3. The van der Waals surface area contributed by atoms with Gasteiger partial charge in [-0.25, -0.2) is 9.97 Å². The van der Waals surface area contributed by atoms with Crippen molar-refractivity contribution in [2.45, 2.75) is 96.7 Å². The van der Waals surface area contributed by atoms with E-state index in [9.17, 15) is 4.79 Å². The average Bonchev–Trinajstić information content (AvgIpc) is 2.71. The summed E-state index contributed by atoms with van der Waals surface area (Å²) >= 11 is 0. The number of hydrogen-bond donors (Lipinski definition) is 1. The van der Waals surface area contributed by atoms with Gasteiger partial charge in [-0.15, -0.1) is 0 Å². The van der Waals surface area contributed by atoms with Crippen molar-refractivity contribution < 1.29 is 9.53 Å². The average molecular weight is 458 g/mol. The quantitative estimate of drug-likeness (QED) is 0.700. The zero-order valence-corrected chi connectivity index (χ0v) is 21.3. The van der Waals surface area contributed by atoms with Crippen molar-refractivity contribution in [1.29, 1.82) is 0 Å². The molecule has 2 unspecified atom stereocenters. The number of piperazine rings is 1. The summed E-state index contributed by atoms with van der Waals surface area (Å²) in [5, 5.41) is 3.09. The normalized spacial score (nSPS) is 28.9. The van der Waals surface area contributed by atoms with Crippen molar-refractivity contribution in [3.63, 3.8) is 0 Å². The highest BCUT2D eigenvalue weighted by molar-refractivity contribution is 5.73. The lowest BCUT2D eigenvalue weighted by Crippen LogP contribution is -2.52. The van der Waals surface area contributed by atoms with Gasteiger partial charge in [0.05, 0.1) is 12.3 Å². The van der Waals surface area contributed by atoms with Crippen LogP contribution >= 0.6 is 0 Å². The number of nitrogens with zero attached hydrogens (tertiary/aromatic N) is 4. The lowest BCUT2D eigenvalue weighted by molar-refractivity contribution is -0.119. The monoisotopic (exact) mass is 457 g/mol. The van der Waals surface area contributed by atoms with E-state index in [0.29, 0.717) is 12.1 Å². The van der Waals surface area contributed by atoms with Gasteiger partial charge in [-0.3, -0.25) is 9.69 Å². The van der Waals surface area contributed by atoms with E-state index >= 15 is 0 Å². The van der Waals surface area contributed by atoms with E-state index in [1.54, 1.807) is 6.92 Å². The Morgan fingerprint density at radius 1 is 1.15 bits per heavy atom. The third-order valence-electron chi connectivity index (χ3n) is 7.60. The molecule has 0 bridgehead atoms. The minimum atomic E-state index is -0.0825. The van der Waals surface area contributed by atoms with Crippen molar-refractivity contribution in [1.82, 2.24) is 20.2 Å². The smallest absolute Gasteiger partial charge is 0.217 e. The summed E-state index contributed by atoms with van der Waals surface area (Å²) in [4.78, 5) is 26.2. The van der Waals surface area contributed by atoms with Gasteiger partial charge in [0.1, 0.15) is 17.7 Å². The molecule has 0 radical (unpaired) electrons. The Balaban J connectivity index is 1.31. The van der Waals surface area contributed by atoms with Crippen LogP contribution in [0.4, 0.5) is 5.82 Å². The first kappa shape index (κ1) is 24.4. The first-order valence-corrected chi connectivity index (χ1v) is 13.0. The Kier molecular flexibility index (Phi) is 7.59. The molecule has 0 aromatic carbocycles. The van der Waals surface area contributed by atoms with Crippen LogP contribution in [0.3, 0.4) is 0 Å². The topological polar surface area (TPSA) is 70.6 Å². The fourth-order valence-electron chi connectivity index (χ4n) is 5.35. The summed E-state index contributed by atoms with van der Waals surface area (Å²) < 4.78 is 5.74. The van der Waals surface area contributed by atoms with E-state index in [1.165, 1.54) is 25.8 Å². The van der Waals surface area contributed by atoms with Gasteiger partial charge in [0.2, 0.25) is 5.91 Å². The van der Waals surface area contributed by atoms with Crippen LogP contribution in [0.15, 0.2) is 6.07 Å². The molecule has 4 rings (SSSR count). The van der Waals surface area contributed by atoms with Gasteiger partial charge in [0, 0.05) is 56.5 Å². The molecule has 3 fully saturated rings. The van der Waals surface area contributed by atoms with Gasteiger partial charge in [0.15, 0.2) is 0 Å². The van der Waals surface area contributed by atoms with Crippen molar-refractivity contribution in [3.8, 4) is 0 Å². The zero-order chi connectivity index (χ0) is 23.6. The van der Waals surface area contributed by atoms with Gasteiger partial charge in [-0.05, 0) is 51.5 Å². The molecule has 1 aromatic heterocycles. The Morgan fingerprint density at radius 2 is 1.88 bits per heavy atom. The Hall–Kier alpha value is -1.73. The summed E-state index contributed by atoms with van der Waals surface area (Å²) in [6.07, 6.45) is 7.18. The van der Waals surface area contributed by atoms with E-state index < -0.39 is 0 Å². The second kappa shape index (κ2) is 10.3. The molecule has 2 atom stereocenters. The highest BCUT2D eigenvalue weighted by Crippen LogP contribution is 2.33. The molecule has 2 saturated heterocycles. The van der Waals surface area contributed by atoms with E-state index in [-0.39, 0.29) is 17.4 Å². The Morgan fingerprint density at radius 3 is 2.45 bits per heavy atom. The SMILES string of the molecule is CC(=O)NC1CCC(CCN2CCN(c3cc(C4CCO4)nc(C(C)(C)C)n3)CC2C)CC1. The highest BCUT2D eigenvalue weighted by atomic mass is 16.5. The minimum absolute atomic E-state index is 0.0825. The number of carbonyl (C=O) groups is 1. The zero-order valence-electron chi connectivity index (χ0n) is 21.3. The summed E-state index contributed by atoms with van der Waals surface area (Å²) in [6, 6.07) is 3.06. The number of anilines is 1. The van der Waals surface area contributed by atoms with Crippen molar-refractivity contribution >= 4 is 11.7 Å². The molecule has 1 N–H and O–H groups in total. The van der Waals surface area contributed by atoms with Crippen LogP contribution in [0, 0.1) is 5.92 Å². The van der Waals surface area contributed by atoms with Crippen LogP contribution in [-0.2, 0) is 14.9 Å². The van der Waals surface area contributed by atoms with Gasteiger partial charge in [-0.2, -0.15) is 0 Å². The van der Waals surface area contributed by atoms with E-state index in [1.807, 2.05) is 0 Å². The molecule has 1 saturated carbocycles. The largest absolute Gasteiger partial charge is 0.372 e. The van der Waals surface area contributed by atoms with Crippen LogP contribution in [0.2, 0.25) is 0 Å². The molecule has 3 aliphatic rings. The number of ether oxygens (including phenoxy) is 1. The third-order valence-corrected chi connectivity index (χ3v) is 7.60. The van der Waals surface area contributed by atoms with Gasteiger partial charge >= 0.3 is 0 Å². The molecule has 1 aromatic rings. The van der Waals surface area contributed by atoms with Gasteiger partial charge in [0.25, 0.3) is 0 Å². The summed E-state index contributed by atoms with van der Waals surface area (Å²) in [7, 11) is 0. The molecule has 0 spiro atoms. The first-order chi connectivity index (χ1) is 15.7. The second-order valence-corrected chi connectivity index (χ2v) is 11.4. The van der Waals surface area contributed by atoms with E-state index in [2.05, 4.69) is 48.9 Å². The van der Waals surface area contributed by atoms with E-state index in [4.69, 9.17) is 14.7 Å². The number of nitrogens with one attached hydrogen (secondary N) is 1. The maximum absolute atomic E-state index is 11.3. The van der Waals surface area contributed by atoms with Crippen LogP contribution in [0.5, 0.6) is 0 Å². The Labute approximate surface area is 199 Å². The fraction of sp³-hybridized carbons (Fsp3) is 0.808. The van der Waals surface area contributed by atoms with Crippen molar-refractivity contribution in [3.05, 3.63) is 17.6 Å². The van der Waals surface area contributed by atoms with Gasteiger partial charge < -0.3 is 15.0 Å². The molecule has 1 aliphatic carbocycles. The van der Waals surface area contributed by atoms with Crippen molar-refractivity contribution in [2.24, 2.45) is 5.92 Å². The van der Waals surface area contributed by atoms with Crippen molar-refractivity contribution in [2.75, 3.05) is 37.7 Å². The number of amides is 1. The van der Waals surface area contributed by atoms with Gasteiger partial charge in [-0.1, -0.05) is 20.8 Å². The maximum Gasteiger partial charge on any atom is 0.217 e. The summed E-state index contributed by atoms with van der Waals surface area (Å²) in [6.45, 7) is 15.6. The second-order valence-electron chi connectivity index (χ2n) is 11.4. The molecule has 3 heterocycles. The van der Waals surface area contributed by atoms with Crippen LogP contribution in [0.1, 0.15) is 90.8 Å². The third kappa shape index (κ3) is 6.24. The minimum Gasteiger partial charge on any atom is -0.372 e. The lowest BCUT2D eigenvalue weighted by Gasteiger charge is -2.41. The standard InChI is InChI=1S/C26H43N5O2/c1-18-17-31(24-16-22(23-11-15-33-23)28-25(29-24)26(3,4)5)14-13-30(18)12-10-20-6-8-21(9-7-20)27-19(2)32/h16,18,20-21,23H,6-15,17H2,1-5H3,(H,27,32). The molecule has 2 aliphatic heterocycles. The molecular formula is C26H43N5O2. The molecule has 1 amide bonds. The summed E-state index contributed by atoms with van der Waals surface area (Å²) in [5.41, 5.74) is 0.960. The fourth-order valence-corrected chi connectivity index (χ4v) is 5.35. The predicted octanol–water partition coefficient (Wildman–Crippen LogP) is 3.83. The number of rotatable bonds is 6. The first-order valence-electron chi connectivity index (χ1n) is 13.0. The lowest BCUT2D eigenvalue weighted by atomic mass is 9.84. The highest BCUT2D eigenvalue weighted by Gasteiger charge is 2.30. The number of carbonyl (C=O) groups excluding carboxylic acids is 1. The Bertz CT molecular complexity index is 811. The molecule has 7 nitrogen and oxygen atoms in total. The van der Waals surface area contributed by atoms with Crippen LogP contribution in [-0.4, -0.2) is 65.6 Å².